The zero-order valence-corrected chi connectivity index (χ0v) is 9.55. The van der Waals surface area contributed by atoms with Gasteiger partial charge in [-0.05, 0) is 30.7 Å². The van der Waals surface area contributed by atoms with E-state index in [1.807, 2.05) is 30.3 Å². The topological polar surface area (TPSA) is 23.5 Å². The fourth-order valence-corrected chi connectivity index (χ4v) is 3.25. The van der Waals surface area contributed by atoms with Crippen molar-refractivity contribution in [2.24, 2.45) is 5.92 Å². The predicted molar refractivity (Wildman–Crippen MR) is 64.1 cm³/mol. The summed E-state index contributed by atoms with van der Waals surface area (Å²) in [6.45, 7) is 2.01. The first-order valence-corrected chi connectivity index (χ1v) is 6.30. The largest absolute Gasteiger partial charge is 0.387 e. The molecule has 1 saturated heterocycles. The number of fused-ring (bicyclic) bond motifs is 2. The molecule has 2 aliphatic rings. The van der Waals surface area contributed by atoms with Crippen molar-refractivity contribution in [1.82, 2.24) is 4.90 Å². The van der Waals surface area contributed by atoms with Gasteiger partial charge in [-0.15, -0.1) is 0 Å². The van der Waals surface area contributed by atoms with Gasteiger partial charge in [-0.25, -0.2) is 0 Å². The van der Waals surface area contributed by atoms with Gasteiger partial charge in [0.05, 0.1) is 6.10 Å². The molecular weight excluding hydrogens is 198 g/mol. The molecule has 1 aromatic carbocycles. The van der Waals surface area contributed by atoms with Crippen molar-refractivity contribution in [2.75, 3.05) is 13.1 Å². The van der Waals surface area contributed by atoms with E-state index in [2.05, 4.69) is 4.90 Å². The summed E-state index contributed by atoms with van der Waals surface area (Å²) < 4.78 is 0. The van der Waals surface area contributed by atoms with Gasteiger partial charge < -0.3 is 5.11 Å². The van der Waals surface area contributed by atoms with Crippen LogP contribution in [-0.4, -0.2) is 29.1 Å². The molecule has 0 aromatic heterocycles. The molecule has 3 atom stereocenters. The second kappa shape index (κ2) is 4.19. The lowest BCUT2D eigenvalue weighted by Crippen LogP contribution is -2.35. The Morgan fingerprint density at radius 1 is 1.25 bits per heavy atom. The maximum absolute atomic E-state index is 10.2. The van der Waals surface area contributed by atoms with Crippen molar-refractivity contribution >= 4 is 0 Å². The number of benzene rings is 1. The van der Waals surface area contributed by atoms with Crippen LogP contribution in [0.25, 0.3) is 0 Å². The minimum absolute atomic E-state index is 0.319. The Balaban J connectivity index is 1.63. The highest BCUT2D eigenvalue weighted by molar-refractivity contribution is 5.17. The molecule has 2 bridgehead atoms. The van der Waals surface area contributed by atoms with E-state index < -0.39 is 0 Å². The summed E-state index contributed by atoms with van der Waals surface area (Å²) in [4.78, 5) is 2.48. The molecule has 16 heavy (non-hydrogen) atoms. The van der Waals surface area contributed by atoms with Gasteiger partial charge >= 0.3 is 0 Å². The van der Waals surface area contributed by atoms with Crippen molar-refractivity contribution in [3.8, 4) is 0 Å². The Kier molecular flexibility index (Phi) is 2.70. The minimum Gasteiger partial charge on any atom is -0.387 e. The average Bonchev–Trinajstić information content (AvgIpc) is 2.92. The van der Waals surface area contributed by atoms with Gasteiger partial charge in [-0.1, -0.05) is 30.3 Å². The Bertz CT molecular complexity index is 351. The van der Waals surface area contributed by atoms with E-state index in [1.165, 1.54) is 25.8 Å². The number of aliphatic hydroxyl groups excluding tert-OH is 1. The monoisotopic (exact) mass is 217 g/mol. The van der Waals surface area contributed by atoms with Gasteiger partial charge in [0.15, 0.2) is 0 Å². The Labute approximate surface area is 96.9 Å². The Hall–Kier alpha value is -0.860. The van der Waals surface area contributed by atoms with Crippen molar-refractivity contribution in [1.29, 1.82) is 0 Å². The Morgan fingerprint density at radius 2 is 2.06 bits per heavy atom. The van der Waals surface area contributed by atoms with Gasteiger partial charge in [0.25, 0.3) is 0 Å². The van der Waals surface area contributed by atoms with Crippen molar-refractivity contribution in [2.45, 2.75) is 31.4 Å². The van der Waals surface area contributed by atoms with E-state index in [0.717, 1.165) is 24.1 Å². The number of rotatable bonds is 3. The summed E-state index contributed by atoms with van der Waals surface area (Å²) in [5.41, 5.74) is 1.05. The van der Waals surface area contributed by atoms with Crippen LogP contribution in [0, 0.1) is 5.92 Å². The molecule has 0 amide bonds. The highest BCUT2D eigenvalue weighted by Crippen LogP contribution is 2.38. The van der Waals surface area contributed by atoms with Gasteiger partial charge in [-0.3, -0.25) is 4.90 Å². The molecule has 1 N–H and O–H groups in total. The molecule has 1 heterocycles. The molecule has 1 aliphatic carbocycles. The number of piperidine rings is 1. The molecule has 1 saturated carbocycles. The smallest absolute Gasteiger partial charge is 0.0917 e. The number of β-amino-alcohol motifs (C(OH)–C–C–N with tert-alkyl or cyclic N) is 1. The molecule has 86 valence electrons. The molecule has 3 rings (SSSR count). The fourth-order valence-electron chi connectivity index (χ4n) is 3.25. The summed E-state index contributed by atoms with van der Waals surface area (Å²) >= 11 is 0. The molecule has 2 heteroatoms. The lowest BCUT2D eigenvalue weighted by Gasteiger charge is -2.28. The molecule has 2 fully saturated rings. The third-order valence-electron chi connectivity index (χ3n) is 4.11. The first kappa shape index (κ1) is 10.3. The summed E-state index contributed by atoms with van der Waals surface area (Å²) in [6, 6.07) is 10.8. The molecule has 0 radical (unpaired) electrons. The average molecular weight is 217 g/mol. The summed E-state index contributed by atoms with van der Waals surface area (Å²) in [5, 5.41) is 10.2. The summed E-state index contributed by atoms with van der Waals surface area (Å²) in [6.07, 6.45) is 3.79. The molecule has 0 spiro atoms. The lowest BCUT2D eigenvalue weighted by molar-refractivity contribution is 0.0947. The van der Waals surface area contributed by atoms with Crippen LogP contribution in [0.1, 0.15) is 30.9 Å². The van der Waals surface area contributed by atoms with E-state index in [4.69, 9.17) is 0 Å². The van der Waals surface area contributed by atoms with E-state index in [-0.39, 0.29) is 6.10 Å². The minimum atomic E-state index is -0.319. The number of aliphatic hydroxyl groups is 1. The molecular formula is C14H19NO. The van der Waals surface area contributed by atoms with E-state index in [1.54, 1.807) is 0 Å². The normalized spacial score (nSPS) is 30.8. The van der Waals surface area contributed by atoms with Crippen LogP contribution < -0.4 is 0 Å². The lowest BCUT2D eigenvalue weighted by atomic mass is 10.1. The van der Waals surface area contributed by atoms with Crippen LogP contribution in [-0.2, 0) is 0 Å². The number of hydrogen-bond acceptors (Lipinski definition) is 2. The van der Waals surface area contributed by atoms with Crippen LogP contribution in [0.5, 0.6) is 0 Å². The highest BCUT2D eigenvalue weighted by atomic mass is 16.3. The molecule has 2 nitrogen and oxygen atoms in total. The quantitative estimate of drug-likeness (QED) is 0.839. The van der Waals surface area contributed by atoms with Gasteiger partial charge in [0.1, 0.15) is 0 Å². The summed E-state index contributed by atoms with van der Waals surface area (Å²) in [7, 11) is 0. The maximum Gasteiger partial charge on any atom is 0.0917 e. The first-order valence-electron chi connectivity index (χ1n) is 6.30. The molecule has 1 aliphatic heterocycles. The van der Waals surface area contributed by atoms with Crippen molar-refractivity contribution in [3.63, 3.8) is 0 Å². The second-order valence-corrected chi connectivity index (χ2v) is 5.21. The van der Waals surface area contributed by atoms with Gasteiger partial charge in [-0.2, -0.15) is 0 Å². The van der Waals surface area contributed by atoms with E-state index in [9.17, 15) is 5.11 Å². The predicted octanol–water partition coefficient (Wildman–Crippen LogP) is 2.20. The SMILES string of the molecule is OC(CN1CC2CCC1C2)c1ccccc1. The number of hydrogen-bond donors (Lipinski definition) is 1. The summed E-state index contributed by atoms with van der Waals surface area (Å²) in [5.74, 6) is 0.910. The van der Waals surface area contributed by atoms with E-state index >= 15 is 0 Å². The van der Waals surface area contributed by atoms with Crippen LogP contribution >= 0.6 is 0 Å². The van der Waals surface area contributed by atoms with Gasteiger partial charge in [0.2, 0.25) is 0 Å². The molecule has 1 aromatic rings. The maximum atomic E-state index is 10.2. The van der Waals surface area contributed by atoms with Gasteiger partial charge in [0, 0.05) is 19.1 Å². The zero-order valence-electron chi connectivity index (χ0n) is 9.55. The first-order chi connectivity index (χ1) is 7.83. The van der Waals surface area contributed by atoms with Crippen molar-refractivity contribution in [3.05, 3.63) is 35.9 Å². The van der Waals surface area contributed by atoms with Crippen LogP contribution in [0.3, 0.4) is 0 Å². The Morgan fingerprint density at radius 3 is 2.69 bits per heavy atom. The third-order valence-corrected chi connectivity index (χ3v) is 4.11. The third kappa shape index (κ3) is 1.87. The van der Waals surface area contributed by atoms with Crippen LogP contribution in [0.4, 0.5) is 0 Å². The van der Waals surface area contributed by atoms with Crippen LogP contribution in [0.2, 0.25) is 0 Å². The van der Waals surface area contributed by atoms with E-state index in [0.29, 0.717) is 0 Å². The van der Waals surface area contributed by atoms with Crippen molar-refractivity contribution < 1.29 is 5.11 Å². The number of likely N-dealkylation sites (tertiary alicyclic amines) is 1. The zero-order chi connectivity index (χ0) is 11.0. The standard InChI is InChI=1S/C14H19NO/c16-14(12-4-2-1-3-5-12)10-15-9-11-6-7-13(15)8-11/h1-5,11,13-14,16H,6-10H2. The fraction of sp³-hybridized carbons (Fsp3) is 0.571. The van der Waals surface area contributed by atoms with Crippen LogP contribution in [0.15, 0.2) is 30.3 Å². The number of nitrogens with zero attached hydrogens (tertiary/aromatic N) is 1. The molecule has 3 unspecified atom stereocenters. The highest BCUT2D eigenvalue weighted by Gasteiger charge is 2.38. The second-order valence-electron chi connectivity index (χ2n) is 5.21.